The van der Waals surface area contributed by atoms with Crippen LogP contribution < -0.4 is 5.32 Å². The molecule has 2 atom stereocenters. The second kappa shape index (κ2) is 6.60. The lowest BCUT2D eigenvalue weighted by Crippen LogP contribution is -2.45. The van der Waals surface area contributed by atoms with Crippen molar-refractivity contribution in [1.29, 1.82) is 0 Å². The van der Waals surface area contributed by atoms with Gasteiger partial charge in [-0.2, -0.15) is 0 Å². The number of nitrogens with one attached hydrogen (secondary N) is 1. The molecule has 0 saturated carbocycles. The van der Waals surface area contributed by atoms with Gasteiger partial charge in [-0.05, 0) is 12.8 Å². The van der Waals surface area contributed by atoms with Crippen LogP contribution in [0.4, 0.5) is 4.79 Å². The van der Waals surface area contributed by atoms with Crippen LogP contribution in [-0.4, -0.2) is 65.0 Å². The molecule has 0 aromatic heterocycles. The van der Waals surface area contributed by atoms with Crippen molar-refractivity contribution in [3.05, 3.63) is 12.2 Å². The third-order valence-corrected chi connectivity index (χ3v) is 3.94. The molecule has 0 aromatic carbocycles. The van der Waals surface area contributed by atoms with Gasteiger partial charge in [0.1, 0.15) is 0 Å². The van der Waals surface area contributed by atoms with Crippen LogP contribution in [0, 0.1) is 5.92 Å². The van der Waals surface area contributed by atoms with Crippen molar-refractivity contribution >= 4 is 17.9 Å². The first kappa shape index (κ1) is 15.3. The van der Waals surface area contributed by atoms with Gasteiger partial charge in [0.25, 0.3) is 0 Å². The van der Waals surface area contributed by atoms with Gasteiger partial charge in [-0.1, -0.05) is 12.2 Å². The van der Waals surface area contributed by atoms with E-state index in [2.05, 4.69) is 5.32 Å². The molecule has 2 rings (SSSR count). The summed E-state index contributed by atoms with van der Waals surface area (Å²) in [6.45, 7) is 3.86. The summed E-state index contributed by atoms with van der Waals surface area (Å²) in [5, 5.41) is 11.8. The summed E-state index contributed by atoms with van der Waals surface area (Å²) in [6, 6.07) is -0.424. The molecule has 0 radical (unpaired) electrons. The van der Waals surface area contributed by atoms with Crippen LogP contribution >= 0.6 is 0 Å². The Kier molecular flexibility index (Phi) is 4.82. The number of carbonyl (C=O) groups excluding carboxylic acids is 2. The monoisotopic (exact) mass is 295 g/mol. The fourth-order valence-corrected chi connectivity index (χ4v) is 2.67. The zero-order valence-corrected chi connectivity index (χ0v) is 12.1. The van der Waals surface area contributed by atoms with E-state index >= 15 is 0 Å². The van der Waals surface area contributed by atoms with Gasteiger partial charge >= 0.3 is 12.0 Å². The van der Waals surface area contributed by atoms with Gasteiger partial charge in [-0.3, -0.25) is 9.59 Å². The number of hydrogen-bond acceptors (Lipinski definition) is 3. The Morgan fingerprint density at radius 3 is 2.38 bits per heavy atom. The second-order valence-corrected chi connectivity index (χ2v) is 5.47. The van der Waals surface area contributed by atoms with Crippen LogP contribution in [0.25, 0.3) is 0 Å². The fraction of sp³-hybridized carbons (Fsp3) is 0.643. The summed E-state index contributed by atoms with van der Waals surface area (Å²) >= 11 is 0. The van der Waals surface area contributed by atoms with Gasteiger partial charge < -0.3 is 20.2 Å². The van der Waals surface area contributed by atoms with Crippen molar-refractivity contribution in [3.8, 4) is 0 Å². The predicted molar refractivity (Wildman–Crippen MR) is 75.6 cm³/mol. The minimum Gasteiger partial charge on any atom is -0.481 e. The van der Waals surface area contributed by atoms with Crippen LogP contribution in [0.5, 0.6) is 0 Å². The molecular formula is C14H21N3O4. The first-order valence-electron chi connectivity index (χ1n) is 7.19. The maximum absolute atomic E-state index is 12.2. The molecule has 7 nitrogen and oxygen atoms in total. The fourth-order valence-electron chi connectivity index (χ4n) is 2.67. The number of carbonyl (C=O) groups is 3. The number of amides is 3. The number of nitrogens with zero attached hydrogens (tertiary/aromatic N) is 2. The van der Waals surface area contributed by atoms with Gasteiger partial charge in [0, 0.05) is 33.1 Å². The highest BCUT2D eigenvalue weighted by molar-refractivity contribution is 5.77. The van der Waals surface area contributed by atoms with E-state index in [9.17, 15) is 14.4 Å². The predicted octanol–water partition coefficient (Wildman–Crippen LogP) is 0.280. The highest BCUT2D eigenvalue weighted by Crippen LogP contribution is 2.18. The Morgan fingerprint density at radius 1 is 1.10 bits per heavy atom. The summed E-state index contributed by atoms with van der Waals surface area (Å²) in [7, 11) is 0. The Morgan fingerprint density at radius 2 is 1.76 bits per heavy atom. The minimum atomic E-state index is -0.866. The molecule has 21 heavy (non-hydrogen) atoms. The van der Waals surface area contributed by atoms with E-state index in [-0.39, 0.29) is 18.0 Å². The van der Waals surface area contributed by atoms with Crippen molar-refractivity contribution in [2.75, 3.05) is 26.2 Å². The van der Waals surface area contributed by atoms with E-state index in [0.717, 1.165) is 6.42 Å². The zero-order chi connectivity index (χ0) is 15.4. The van der Waals surface area contributed by atoms with E-state index in [1.165, 1.54) is 6.92 Å². The highest BCUT2D eigenvalue weighted by Gasteiger charge is 2.27. The Bertz CT molecular complexity index is 463. The van der Waals surface area contributed by atoms with Gasteiger partial charge in [0.05, 0.1) is 12.0 Å². The van der Waals surface area contributed by atoms with Crippen LogP contribution in [0.15, 0.2) is 12.2 Å². The van der Waals surface area contributed by atoms with Crippen molar-refractivity contribution in [1.82, 2.24) is 15.1 Å². The molecule has 0 aromatic rings. The molecule has 1 fully saturated rings. The molecule has 0 spiro atoms. The van der Waals surface area contributed by atoms with E-state index in [1.807, 2.05) is 0 Å². The molecule has 7 heteroatoms. The van der Waals surface area contributed by atoms with Crippen LogP contribution in [-0.2, 0) is 9.59 Å². The number of urea groups is 1. The molecule has 3 amide bonds. The first-order chi connectivity index (χ1) is 9.97. The molecule has 2 unspecified atom stereocenters. The molecule has 1 aliphatic carbocycles. The third-order valence-electron chi connectivity index (χ3n) is 3.94. The molecule has 116 valence electrons. The first-order valence-corrected chi connectivity index (χ1v) is 7.19. The summed E-state index contributed by atoms with van der Waals surface area (Å²) in [5.74, 6) is -1.36. The maximum Gasteiger partial charge on any atom is 0.317 e. The average Bonchev–Trinajstić information content (AvgIpc) is 2.74. The largest absolute Gasteiger partial charge is 0.481 e. The quantitative estimate of drug-likeness (QED) is 0.716. The van der Waals surface area contributed by atoms with E-state index in [0.29, 0.717) is 32.6 Å². The molecule has 1 saturated heterocycles. The highest BCUT2D eigenvalue weighted by atomic mass is 16.4. The lowest BCUT2D eigenvalue weighted by Gasteiger charge is -2.23. The standard InChI is InChI=1S/C14H21N3O4/c1-10(18)16-5-2-6-17(8-7-16)14(21)15-12-4-3-11(9-12)13(19)20/h3-4,11-12H,2,5-9H2,1H3,(H,15,21)(H,19,20). The van der Waals surface area contributed by atoms with E-state index in [4.69, 9.17) is 5.11 Å². The maximum atomic E-state index is 12.2. The van der Waals surface area contributed by atoms with Gasteiger partial charge in [0.2, 0.25) is 5.91 Å². The van der Waals surface area contributed by atoms with Crippen molar-refractivity contribution in [2.24, 2.45) is 5.92 Å². The average molecular weight is 295 g/mol. The van der Waals surface area contributed by atoms with Gasteiger partial charge in [0.15, 0.2) is 0 Å². The molecule has 2 aliphatic rings. The van der Waals surface area contributed by atoms with Gasteiger partial charge in [-0.25, -0.2) is 4.79 Å². The summed E-state index contributed by atoms with van der Waals surface area (Å²) < 4.78 is 0. The lowest BCUT2D eigenvalue weighted by molar-refractivity contribution is -0.140. The molecule has 1 aliphatic heterocycles. The normalized spacial score (nSPS) is 25.6. The summed E-state index contributed by atoms with van der Waals surface area (Å²) in [5.41, 5.74) is 0. The van der Waals surface area contributed by atoms with E-state index < -0.39 is 11.9 Å². The molecule has 0 bridgehead atoms. The number of carboxylic acid groups (broad SMARTS) is 1. The molecular weight excluding hydrogens is 274 g/mol. The van der Waals surface area contributed by atoms with Crippen LogP contribution in [0.2, 0.25) is 0 Å². The lowest BCUT2D eigenvalue weighted by atomic mass is 10.1. The number of hydrogen-bond donors (Lipinski definition) is 2. The number of rotatable bonds is 2. The Labute approximate surface area is 123 Å². The number of aliphatic carboxylic acids is 1. The van der Waals surface area contributed by atoms with Crippen LogP contribution in [0.3, 0.4) is 0 Å². The van der Waals surface area contributed by atoms with Crippen LogP contribution in [0.1, 0.15) is 19.8 Å². The Balaban J connectivity index is 1.83. The SMILES string of the molecule is CC(=O)N1CCCN(C(=O)NC2C=CC(C(=O)O)C2)CC1. The summed E-state index contributed by atoms with van der Waals surface area (Å²) in [6.07, 6.45) is 4.50. The second-order valence-electron chi connectivity index (χ2n) is 5.47. The smallest absolute Gasteiger partial charge is 0.317 e. The minimum absolute atomic E-state index is 0.0280. The van der Waals surface area contributed by atoms with Crippen molar-refractivity contribution in [2.45, 2.75) is 25.8 Å². The third kappa shape index (κ3) is 3.96. The summed E-state index contributed by atoms with van der Waals surface area (Å²) in [4.78, 5) is 37.8. The van der Waals surface area contributed by atoms with Gasteiger partial charge in [-0.15, -0.1) is 0 Å². The van der Waals surface area contributed by atoms with Crippen molar-refractivity contribution < 1.29 is 19.5 Å². The Hall–Kier alpha value is -2.05. The number of carboxylic acids is 1. The van der Waals surface area contributed by atoms with E-state index in [1.54, 1.807) is 22.0 Å². The molecule has 1 heterocycles. The van der Waals surface area contributed by atoms with Crippen molar-refractivity contribution in [3.63, 3.8) is 0 Å². The zero-order valence-electron chi connectivity index (χ0n) is 12.1. The topological polar surface area (TPSA) is 90.0 Å². The molecule has 2 N–H and O–H groups in total.